The Bertz CT molecular complexity index is 950. The molecule has 7 nitrogen and oxygen atoms in total. The van der Waals surface area contributed by atoms with E-state index in [1.807, 2.05) is 0 Å². The van der Waals surface area contributed by atoms with Gasteiger partial charge in [-0.3, -0.25) is 14.4 Å². The molecule has 0 aliphatic carbocycles. The van der Waals surface area contributed by atoms with Gasteiger partial charge < -0.3 is 0 Å². The summed E-state index contributed by atoms with van der Waals surface area (Å²) in [5.41, 5.74) is 0.231. The lowest BCUT2D eigenvalue weighted by molar-refractivity contribution is -0.116. The fraction of sp³-hybridized carbons (Fsp3) is 0.267. The summed E-state index contributed by atoms with van der Waals surface area (Å²) < 4.78 is 26.2. The number of nitrogens with one attached hydrogen (secondary N) is 1. The first-order valence-electron chi connectivity index (χ1n) is 7.46. The van der Waals surface area contributed by atoms with Crippen molar-refractivity contribution in [1.29, 1.82) is 0 Å². The van der Waals surface area contributed by atoms with Crippen molar-refractivity contribution in [3.8, 4) is 0 Å². The SMILES string of the molecule is C=CCSc1nnc(NC(=O)[C@H](C)N(c2ccc(Cl)c(Cl)c2)S(C)(=O)=O)s1. The van der Waals surface area contributed by atoms with Crippen LogP contribution in [0.25, 0.3) is 0 Å². The molecule has 1 heterocycles. The predicted molar refractivity (Wildman–Crippen MR) is 113 cm³/mol. The summed E-state index contributed by atoms with van der Waals surface area (Å²) in [5.74, 6) is 0.112. The maximum Gasteiger partial charge on any atom is 0.249 e. The van der Waals surface area contributed by atoms with E-state index in [0.29, 0.717) is 10.1 Å². The topological polar surface area (TPSA) is 92.3 Å². The average Bonchev–Trinajstić information content (AvgIpc) is 3.02. The van der Waals surface area contributed by atoms with Gasteiger partial charge >= 0.3 is 0 Å². The highest BCUT2D eigenvalue weighted by Gasteiger charge is 2.30. The zero-order chi connectivity index (χ0) is 20.2. The van der Waals surface area contributed by atoms with Crippen molar-refractivity contribution < 1.29 is 13.2 Å². The van der Waals surface area contributed by atoms with Crippen LogP contribution in [-0.4, -0.2) is 42.6 Å². The summed E-state index contributed by atoms with van der Waals surface area (Å²) >= 11 is 14.5. The number of carbonyl (C=O) groups is 1. The highest BCUT2D eigenvalue weighted by atomic mass is 35.5. The van der Waals surface area contributed by atoms with Gasteiger partial charge in [-0.15, -0.1) is 16.8 Å². The first kappa shape index (κ1) is 22.0. The van der Waals surface area contributed by atoms with E-state index in [1.165, 1.54) is 48.2 Å². The first-order chi connectivity index (χ1) is 12.6. The third-order valence-electron chi connectivity index (χ3n) is 3.21. The second-order valence-corrected chi connectivity index (χ2v) is 10.2. The quantitative estimate of drug-likeness (QED) is 0.360. The summed E-state index contributed by atoms with van der Waals surface area (Å²) in [5, 5.41) is 11.2. The molecule has 2 rings (SSSR count). The zero-order valence-electron chi connectivity index (χ0n) is 14.3. The number of anilines is 2. The van der Waals surface area contributed by atoms with Crippen molar-refractivity contribution in [2.75, 3.05) is 21.6 Å². The van der Waals surface area contributed by atoms with E-state index in [2.05, 4.69) is 22.1 Å². The van der Waals surface area contributed by atoms with Crippen LogP contribution in [-0.2, 0) is 14.8 Å². The lowest BCUT2D eigenvalue weighted by Gasteiger charge is -2.28. The molecular formula is C15H16Cl2N4O3S3. The fourth-order valence-electron chi connectivity index (χ4n) is 2.09. The van der Waals surface area contributed by atoms with Crippen molar-refractivity contribution in [2.24, 2.45) is 0 Å². The third kappa shape index (κ3) is 5.82. The highest BCUT2D eigenvalue weighted by molar-refractivity contribution is 8.01. The van der Waals surface area contributed by atoms with Gasteiger partial charge in [0.05, 0.1) is 22.0 Å². The van der Waals surface area contributed by atoms with Gasteiger partial charge in [-0.05, 0) is 25.1 Å². The van der Waals surface area contributed by atoms with E-state index in [0.717, 1.165) is 10.6 Å². The molecule has 0 saturated heterocycles. The number of sulfonamides is 1. The van der Waals surface area contributed by atoms with E-state index in [-0.39, 0.29) is 20.9 Å². The Morgan fingerprint density at radius 3 is 2.70 bits per heavy atom. The van der Waals surface area contributed by atoms with Gasteiger partial charge in [0.1, 0.15) is 6.04 Å². The number of hydrogen-bond donors (Lipinski definition) is 1. The number of rotatable bonds is 8. The molecule has 1 aromatic carbocycles. The first-order valence-corrected chi connectivity index (χ1v) is 11.9. The monoisotopic (exact) mass is 466 g/mol. The average molecular weight is 467 g/mol. The lowest BCUT2D eigenvalue weighted by Crippen LogP contribution is -2.45. The molecule has 1 N–H and O–H groups in total. The molecule has 0 aliphatic heterocycles. The molecule has 146 valence electrons. The Kier molecular flexibility index (Phi) is 7.52. The van der Waals surface area contributed by atoms with Crippen LogP contribution < -0.4 is 9.62 Å². The summed E-state index contributed by atoms with van der Waals surface area (Å²) in [6.07, 6.45) is 2.74. The molecule has 2 aromatic rings. The van der Waals surface area contributed by atoms with E-state index in [9.17, 15) is 13.2 Å². The van der Waals surface area contributed by atoms with Crippen molar-refractivity contribution in [3.05, 3.63) is 40.9 Å². The number of hydrogen-bond acceptors (Lipinski definition) is 7. The van der Waals surface area contributed by atoms with Crippen LogP contribution in [0.4, 0.5) is 10.8 Å². The molecule has 1 aromatic heterocycles. The third-order valence-corrected chi connectivity index (χ3v) is 7.16. The molecule has 0 radical (unpaired) electrons. The van der Waals surface area contributed by atoms with Crippen molar-refractivity contribution in [2.45, 2.75) is 17.3 Å². The van der Waals surface area contributed by atoms with Crippen LogP contribution in [0.3, 0.4) is 0 Å². The van der Waals surface area contributed by atoms with Gasteiger partial charge in [-0.25, -0.2) is 8.42 Å². The van der Waals surface area contributed by atoms with Gasteiger partial charge in [0, 0.05) is 5.75 Å². The van der Waals surface area contributed by atoms with Crippen molar-refractivity contribution in [1.82, 2.24) is 10.2 Å². The largest absolute Gasteiger partial charge is 0.299 e. The van der Waals surface area contributed by atoms with Gasteiger partial charge in [0.2, 0.25) is 21.1 Å². The van der Waals surface area contributed by atoms with Crippen LogP contribution in [0.1, 0.15) is 6.92 Å². The molecule has 0 bridgehead atoms. The second-order valence-electron chi connectivity index (χ2n) is 5.30. The molecule has 12 heteroatoms. The van der Waals surface area contributed by atoms with Crippen molar-refractivity contribution in [3.63, 3.8) is 0 Å². The number of thioether (sulfide) groups is 1. The Morgan fingerprint density at radius 1 is 1.41 bits per heavy atom. The summed E-state index contributed by atoms with van der Waals surface area (Å²) in [4.78, 5) is 12.6. The Labute approximate surface area is 175 Å². The molecule has 0 fully saturated rings. The minimum Gasteiger partial charge on any atom is -0.299 e. The Hall–Kier alpha value is -1.33. The number of amides is 1. The van der Waals surface area contributed by atoms with Crippen LogP contribution >= 0.6 is 46.3 Å². The minimum absolute atomic E-state index is 0.184. The number of carbonyl (C=O) groups excluding carboxylic acids is 1. The summed E-state index contributed by atoms with van der Waals surface area (Å²) in [7, 11) is -3.77. The molecule has 0 unspecified atom stereocenters. The maximum absolute atomic E-state index is 12.6. The van der Waals surface area contributed by atoms with Crippen LogP contribution in [0.2, 0.25) is 10.0 Å². The van der Waals surface area contributed by atoms with Crippen LogP contribution in [0, 0.1) is 0 Å². The van der Waals surface area contributed by atoms with E-state index in [1.54, 1.807) is 6.08 Å². The Morgan fingerprint density at radius 2 is 2.11 bits per heavy atom. The van der Waals surface area contributed by atoms with E-state index < -0.39 is 22.0 Å². The summed E-state index contributed by atoms with van der Waals surface area (Å²) in [6.45, 7) is 5.09. The number of aromatic nitrogens is 2. The molecule has 0 saturated carbocycles. The zero-order valence-corrected chi connectivity index (χ0v) is 18.3. The van der Waals surface area contributed by atoms with Gasteiger partial charge in [0.15, 0.2) is 4.34 Å². The fourth-order valence-corrected chi connectivity index (χ4v) is 5.06. The number of benzene rings is 1. The van der Waals surface area contributed by atoms with E-state index >= 15 is 0 Å². The van der Waals surface area contributed by atoms with Crippen LogP contribution in [0.15, 0.2) is 35.2 Å². The standard InChI is InChI=1S/C15H16Cl2N4O3S3/c1-4-7-25-15-20-19-14(26-15)18-13(22)9(2)21(27(3,23)24)10-5-6-11(16)12(17)8-10/h4-6,8-9H,1,7H2,2-3H3,(H,18,19,22)/t9-/m0/s1. The smallest absolute Gasteiger partial charge is 0.249 e. The maximum atomic E-state index is 12.6. The number of nitrogens with zero attached hydrogens (tertiary/aromatic N) is 3. The van der Waals surface area contributed by atoms with Crippen LogP contribution in [0.5, 0.6) is 0 Å². The molecule has 27 heavy (non-hydrogen) atoms. The predicted octanol–water partition coefficient (Wildman–Crippen LogP) is 3.92. The summed E-state index contributed by atoms with van der Waals surface area (Å²) in [6, 6.07) is 3.29. The second kappa shape index (κ2) is 9.24. The highest BCUT2D eigenvalue weighted by Crippen LogP contribution is 2.30. The van der Waals surface area contributed by atoms with E-state index in [4.69, 9.17) is 23.2 Å². The van der Waals surface area contributed by atoms with Gasteiger partial charge in [0.25, 0.3) is 0 Å². The molecule has 0 aliphatic rings. The van der Waals surface area contributed by atoms with Gasteiger partial charge in [-0.2, -0.15) is 0 Å². The normalized spacial score (nSPS) is 12.4. The number of halogens is 2. The van der Waals surface area contributed by atoms with Gasteiger partial charge in [-0.1, -0.05) is 52.4 Å². The molecular weight excluding hydrogens is 451 g/mol. The van der Waals surface area contributed by atoms with Crippen molar-refractivity contribution >= 4 is 73.0 Å². The molecule has 1 atom stereocenters. The Balaban J connectivity index is 2.23. The minimum atomic E-state index is -3.77. The lowest BCUT2D eigenvalue weighted by atomic mass is 10.2. The molecule has 0 spiro atoms. The molecule has 1 amide bonds.